The summed E-state index contributed by atoms with van der Waals surface area (Å²) >= 11 is 0. The fourth-order valence-corrected chi connectivity index (χ4v) is 20.9. The lowest BCUT2D eigenvalue weighted by atomic mass is 9.33. The highest BCUT2D eigenvalue weighted by atomic mass is 15.2. The zero-order chi connectivity index (χ0) is 81.9. The number of hydrogen-bond acceptors (Lipinski definition) is 2. The van der Waals surface area contributed by atoms with Gasteiger partial charge in [-0.25, -0.2) is 0 Å². The number of hydrogen-bond donors (Lipinski definition) is 0. The first-order valence-electron chi connectivity index (χ1n) is 43.3. The predicted octanol–water partition coefficient (Wildman–Crippen LogP) is 26.4. The van der Waals surface area contributed by atoms with Crippen molar-refractivity contribution < 1.29 is 8.22 Å². The number of fused-ring (bicyclic) bond motifs is 27. The normalized spacial score (nSPS) is 15.2. The third kappa shape index (κ3) is 9.11. The van der Waals surface area contributed by atoms with E-state index in [0.717, 1.165) is 89.5 Å². The molecule has 1 aromatic heterocycles. The van der Waals surface area contributed by atoms with E-state index in [1.54, 1.807) is 0 Å². The van der Waals surface area contributed by atoms with Crippen molar-refractivity contribution in [3.05, 3.63) is 407 Å². The van der Waals surface area contributed by atoms with E-state index in [0.29, 0.717) is 27.6 Å². The van der Waals surface area contributed by atoms with E-state index in [1.807, 2.05) is 46.1 Å². The van der Waals surface area contributed by atoms with Crippen LogP contribution in [0.2, 0.25) is 0 Å². The predicted molar refractivity (Wildman–Crippen MR) is 480 cm³/mol. The first-order chi connectivity index (χ1) is 58.0. The van der Waals surface area contributed by atoms with Crippen LogP contribution in [0.3, 0.4) is 0 Å². The lowest BCUT2D eigenvalue weighted by Crippen LogP contribution is -2.61. The topological polar surface area (TPSA) is 11.4 Å². The summed E-state index contributed by atoms with van der Waals surface area (Å²) in [5.41, 5.74) is 35.7. The molecule has 0 saturated carbocycles. The molecule has 542 valence electrons. The molecule has 2 spiro atoms. The number of para-hydroxylation sites is 2. The summed E-state index contributed by atoms with van der Waals surface area (Å²) in [6.45, 7) is 18.4. The van der Waals surface area contributed by atoms with Crippen molar-refractivity contribution in [2.24, 2.45) is 0 Å². The first-order valence-corrected chi connectivity index (χ1v) is 40.3. The van der Waals surface area contributed by atoms with Crippen LogP contribution in [0, 0.1) is 0 Å². The van der Waals surface area contributed by atoms with Gasteiger partial charge in [0.1, 0.15) is 0 Å². The van der Waals surface area contributed by atoms with Gasteiger partial charge in [0.25, 0.3) is 6.71 Å². The minimum Gasteiger partial charge on any atom is -0.311 e. The van der Waals surface area contributed by atoms with Crippen LogP contribution in [0.15, 0.2) is 346 Å². The van der Waals surface area contributed by atoms with E-state index in [9.17, 15) is 8.22 Å². The van der Waals surface area contributed by atoms with E-state index >= 15 is 0 Å². The summed E-state index contributed by atoms with van der Waals surface area (Å²) in [6.07, 6.45) is 0. The van der Waals surface area contributed by atoms with Gasteiger partial charge in [-0.1, -0.05) is 329 Å². The highest BCUT2D eigenvalue weighted by Gasteiger charge is 2.54. The minimum absolute atomic E-state index is 0.0529. The van der Waals surface area contributed by atoms with Crippen LogP contribution in [0.5, 0.6) is 0 Å². The molecule has 0 saturated heterocycles. The van der Waals surface area contributed by atoms with E-state index in [4.69, 9.17) is 0 Å². The Morgan fingerprint density at radius 3 is 1.06 bits per heavy atom. The number of rotatable bonds is 6. The largest absolute Gasteiger partial charge is 0.311 e. The highest BCUT2D eigenvalue weighted by molar-refractivity contribution is 7.00. The molecule has 3 nitrogen and oxygen atoms in total. The molecule has 0 N–H and O–H groups in total. The fourth-order valence-electron chi connectivity index (χ4n) is 20.9. The zero-order valence-corrected chi connectivity index (χ0v) is 65.4. The molecule has 17 aromatic rings. The summed E-state index contributed by atoms with van der Waals surface area (Å²) < 4.78 is 63.3. The second-order valence-corrected chi connectivity index (χ2v) is 35.3. The maximum absolute atomic E-state index is 10.4. The van der Waals surface area contributed by atoms with Crippen LogP contribution >= 0.6 is 0 Å². The molecule has 3 heterocycles. The van der Waals surface area contributed by atoms with E-state index in [2.05, 4.69) is 340 Å². The zero-order valence-electron chi connectivity index (χ0n) is 71.4. The van der Waals surface area contributed by atoms with Crippen LogP contribution in [-0.4, -0.2) is 11.3 Å². The molecule has 0 radical (unpaired) electrons. The standard InChI is InChI=1S/C110H84BN3/c1-106(2,3)71-50-57-99-85(62-71)86-63-72(107(4,5)6)51-58-100(86)112(99)74-52-55-95-102(66-74)114(98-46-28-20-32-76(98)70-48-54-94-84(60-70)82-38-18-26-44-92(82)110(94)89-41-23-15-35-79(89)80-36-16-24-42-90(80)110)104-65-73(108(7,8)9)64-103-105(104)111(95)96-61-68(67-29-11-10-12-30-67)49-56-101(96)113(103)97-45-27-19-31-75(97)69-47-53-93-83(59-69)81-37-17-25-43-91(81)109(93)87-39-21-13-33-77(87)78-34-14-22-40-88(78)109/h10-66H,1-9H3/i50D,51D,57D,58D,62D,63D. The number of aromatic nitrogens is 1. The maximum Gasteiger partial charge on any atom is 0.252 e. The van der Waals surface area contributed by atoms with Gasteiger partial charge < -0.3 is 14.4 Å². The van der Waals surface area contributed by atoms with Gasteiger partial charge in [-0.05, 0) is 239 Å². The Hall–Kier alpha value is -13.0. The molecule has 4 aliphatic carbocycles. The Labute approximate surface area is 677 Å². The lowest BCUT2D eigenvalue weighted by molar-refractivity contribution is 0.590. The first kappa shape index (κ1) is 60.7. The van der Waals surface area contributed by atoms with Gasteiger partial charge in [-0.2, -0.15) is 0 Å². The van der Waals surface area contributed by atoms with E-state index < -0.39 is 33.8 Å². The molecule has 0 atom stereocenters. The SMILES string of the molecule is [2H]c1c(C(C)(C)C)c([2H])c2c3c([2H])c(C(C)(C)C)c([2H])c([2H])c3n(-c3ccc4c(c3)N(c3ccccc3-c3ccc5c(c3)-c3ccccc3C53c5ccccc5-c5ccccc53)c3cc(C(C)(C)C)cc5c3B4c3cc(-c4ccccc4)ccc3N5c3ccccc3-c3ccc4c(c3)-c3ccccc3C43c4ccccc4-c4ccccc43)c2c1[2H]. The Morgan fingerprint density at radius 1 is 0.263 bits per heavy atom. The highest BCUT2D eigenvalue weighted by Crippen LogP contribution is 2.66. The van der Waals surface area contributed by atoms with Crippen molar-refractivity contribution in [1.82, 2.24) is 4.57 Å². The van der Waals surface area contributed by atoms with E-state index in [1.165, 1.54) is 89.0 Å². The van der Waals surface area contributed by atoms with Gasteiger partial charge in [0.2, 0.25) is 0 Å². The molecule has 4 heteroatoms. The quantitative estimate of drug-likeness (QED) is 0.154. The summed E-state index contributed by atoms with van der Waals surface area (Å²) in [6, 6.07) is 115. The summed E-state index contributed by atoms with van der Waals surface area (Å²) in [5.74, 6) is 0. The molecule has 23 rings (SSSR count). The molecule has 6 aliphatic rings. The molecule has 0 bridgehead atoms. The summed E-state index contributed by atoms with van der Waals surface area (Å²) in [5, 5.41) is 0.673. The molecule has 16 aromatic carbocycles. The second-order valence-electron chi connectivity index (χ2n) is 35.3. The average Bonchev–Trinajstić information content (AvgIpc) is 1.03. The Bertz CT molecular complexity index is 7230. The molecule has 0 amide bonds. The van der Waals surface area contributed by atoms with Crippen molar-refractivity contribution in [3.8, 4) is 83.6 Å². The summed E-state index contributed by atoms with van der Waals surface area (Å²) in [7, 11) is 0. The Kier molecular flexibility index (Phi) is 12.7. The fraction of sp³-hybridized carbons (Fsp3) is 0.127. The molecule has 2 aliphatic heterocycles. The van der Waals surface area contributed by atoms with Crippen LogP contribution in [-0.2, 0) is 27.1 Å². The van der Waals surface area contributed by atoms with Gasteiger partial charge in [0.05, 0.1) is 41.5 Å². The smallest absolute Gasteiger partial charge is 0.252 e. The minimum atomic E-state index is -0.737. The van der Waals surface area contributed by atoms with Gasteiger partial charge in [0, 0.05) is 50.3 Å². The molecule has 0 unspecified atom stereocenters. The monoisotopic (exact) mass is 1460 g/mol. The number of benzene rings is 16. The van der Waals surface area contributed by atoms with Crippen LogP contribution in [0.1, 0.15) is 132 Å². The second kappa shape index (κ2) is 23.8. The van der Waals surface area contributed by atoms with Gasteiger partial charge in [-0.15, -0.1) is 0 Å². The van der Waals surface area contributed by atoms with Crippen molar-refractivity contribution in [2.45, 2.75) is 89.4 Å². The molecule has 114 heavy (non-hydrogen) atoms. The lowest BCUT2D eigenvalue weighted by Gasteiger charge is -2.46. The maximum atomic E-state index is 10.4. The molecular weight excluding hydrogens is 1370 g/mol. The number of anilines is 6. The Balaban J connectivity index is 0.808. The third-order valence-electron chi connectivity index (χ3n) is 26.0. The Morgan fingerprint density at radius 2 is 0.632 bits per heavy atom. The number of nitrogens with zero attached hydrogens (tertiary/aromatic N) is 3. The van der Waals surface area contributed by atoms with Crippen molar-refractivity contribution >= 4 is 79.0 Å². The van der Waals surface area contributed by atoms with Crippen molar-refractivity contribution in [2.75, 3.05) is 9.80 Å². The van der Waals surface area contributed by atoms with E-state index in [-0.39, 0.29) is 47.3 Å². The van der Waals surface area contributed by atoms with Crippen molar-refractivity contribution in [1.29, 1.82) is 0 Å². The molecular formula is C110H84BN3. The van der Waals surface area contributed by atoms with Crippen LogP contribution in [0.25, 0.3) is 105 Å². The van der Waals surface area contributed by atoms with Crippen LogP contribution in [0.4, 0.5) is 34.1 Å². The van der Waals surface area contributed by atoms with Gasteiger partial charge >= 0.3 is 0 Å². The molecule has 0 fully saturated rings. The van der Waals surface area contributed by atoms with Gasteiger partial charge in [0.15, 0.2) is 0 Å². The summed E-state index contributed by atoms with van der Waals surface area (Å²) in [4.78, 5) is 5.07. The average molecular weight is 1460 g/mol. The van der Waals surface area contributed by atoms with Crippen LogP contribution < -0.4 is 26.2 Å². The third-order valence-corrected chi connectivity index (χ3v) is 26.0. The van der Waals surface area contributed by atoms with Gasteiger partial charge in [-0.3, -0.25) is 0 Å². The van der Waals surface area contributed by atoms with Crippen molar-refractivity contribution in [3.63, 3.8) is 0 Å².